The van der Waals surface area contributed by atoms with Crippen LogP contribution in [0.1, 0.15) is 38.7 Å². The molecule has 0 saturated carbocycles. The van der Waals surface area contributed by atoms with Crippen LogP contribution in [0, 0.1) is 5.92 Å². The van der Waals surface area contributed by atoms with Crippen LogP contribution in [-0.4, -0.2) is 74.8 Å². The van der Waals surface area contributed by atoms with E-state index in [1.165, 1.54) is 0 Å². The number of thiol groups is 1. The Kier molecular flexibility index (Phi) is 11.6. The van der Waals surface area contributed by atoms with Crippen molar-refractivity contribution in [2.75, 3.05) is 5.75 Å². The minimum absolute atomic E-state index is 0.00746. The third-order valence-electron chi connectivity index (χ3n) is 6.37. The van der Waals surface area contributed by atoms with E-state index in [-0.39, 0.29) is 24.5 Å². The number of rotatable bonds is 15. The highest BCUT2D eigenvalue weighted by atomic mass is 32.1. The second-order valence-electron chi connectivity index (χ2n) is 9.11. The van der Waals surface area contributed by atoms with E-state index in [2.05, 4.69) is 33.6 Å². The van der Waals surface area contributed by atoms with Crippen molar-refractivity contribution in [1.82, 2.24) is 20.9 Å². The topological polar surface area (TPSA) is 204 Å². The van der Waals surface area contributed by atoms with Crippen LogP contribution in [0.5, 0.6) is 0 Å². The van der Waals surface area contributed by atoms with E-state index < -0.39 is 60.2 Å². The van der Waals surface area contributed by atoms with Crippen LogP contribution in [0.15, 0.2) is 30.5 Å². The quantitative estimate of drug-likeness (QED) is 0.146. The van der Waals surface area contributed by atoms with Gasteiger partial charge in [-0.15, -0.1) is 0 Å². The van der Waals surface area contributed by atoms with Crippen LogP contribution >= 0.6 is 12.6 Å². The number of carbonyl (C=O) groups is 5. The Labute approximate surface area is 225 Å². The first-order valence-corrected chi connectivity index (χ1v) is 12.9. The Morgan fingerprint density at radius 3 is 2.18 bits per heavy atom. The lowest BCUT2D eigenvalue weighted by Gasteiger charge is -2.26. The first-order valence-electron chi connectivity index (χ1n) is 12.3. The maximum Gasteiger partial charge on any atom is 0.327 e. The van der Waals surface area contributed by atoms with E-state index in [4.69, 9.17) is 10.8 Å². The SMILES string of the molecule is CCC(C)C(N)C(=O)NC(CCC(=O)O)C(=O)NC(Cc1c[nH]c2ccccc12)C(=O)NC(CS)C(=O)O. The van der Waals surface area contributed by atoms with Gasteiger partial charge in [-0.05, 0) is 24.0 Å². The van der Waals surface area contributed by atoms with E-state index in [0.29, 0.717) is 12.0 Å². The van der Waals surface area contributed by atoms with Crippen molar-refractivity contribution in [1.29, 1.82) is 0 Å². The number of nitrogens with two attached hydrogens (primary N) is 1. The summed E-state index contributed by atoms with van der Waals surface area (Å²) < 4.78 is 0. The van der Waals surface area contributed by atoms with Crippen LogP contribution in [0.25, 0.3) is 10.9 Å². The standard InChI is InChI=1S/C25H35N5O7S/c1-3-13(2)21(26)24(35)28-17(8-9-20(31)32)22(33)29-18(23(34)30-19(12-38)25(36)37)10-14-11-27-16-7-5-4-6-15(14)16/h4-7,11,13,17-19,21,27,38H,3,8-10,12,26H2,1-2H3,(H,28,35)(H,29,33)(H,30,34)(H,31,32)(H,36,37). The zero-order valence-electron chi connectivity index (χ0n) is 21.3. The van der Waals surface area contributed by atoms with Gasteiger partial charge in [0.1, 0.15) is 18.1 Å². The number of carboxylic acids is 2. The summed E-state index contributed by atoms with van der Waals surface area (Å²) in [7, 11) is 0. The zero-order valence-corrected chi connectivity index (χ0v) is 22.2. The van der Waals surface area contributed by atoms with Crippen molar-refractivity contribution < 1.29 is 34.2 Å². The number of nitrogens with one attached hydrogen (secondary N) is 4. The summed E-state index contributed by atoms with van der Waals surface area (Å²) in [6.07, 6.45) is 1.63. The highest BCUT2D eigenvalue weighted by molar-refractivity contribution is 7.80. The van der Waals surface area contributed by atoms with Crippen molar-refractivity contribution in [2.24, 2.45) is 11.7 Å². The molecule has 0 radical (unpaired) electrons. The van der Waals surface area contributed by atoms with Crippen molar-refractivity contribution in [3.05, 3.63) is 36.0 Å². The number of hydrogen-bond donors (Lipinski definition) is 8. The van der Waals surface area contributed by atoms with Gasteiger partial charge in [0.25, 0.3) is 0 Å². The Morgan fingerprint density at radius 1 is 0.974 bits per heavy atom. The summed E-state index contributed by atoms with van der Waals surface area (Å²) in [5.41, 5.74) is 7.46. The number of aromatic amines is 1. The highest BCUT2D eigenvalue weighted by Gasteiger charge is 2.31. The first kappa shape index (κ1) is 30.6. The van der Waals surface area contributed by atoms with Gasteiger partial charge in [-0.2, -0.15) is 12.6 Å². The summed E-state index contributed by atoms with van der Waals surface area (Å²) in [5, 5.41) is 26.7. The summed E-state index contributed by atoms with van der Waals surface area (Å²) in [5.74, 6) is -5.03. The summed E-state index contributed by atoms with van der Waals surface area (Å²) in [4.78, 5) is 64.8. The van der Waals surface area contributed by atoms with Gasteiger partial charge in [0.2, 0.25) is 17.7 Å². The molecule has 0 aliphatic rings. The molecule has 5 unspecified atom stereocenters. The Morgan fingerprint density at radius 2 is 1.58 bits per heavy atom. The molecule has 2 aromatic rings. The number of carbonyl (C=O) groups excluding carboxylic acids is 3. The molecule has 0 bridgehead atoms. The van der Waals surface area contributed by atoms with E-state index in [1.54, 1.807) is 13.1 Å². The lowest BCUT2D eigenvalue weighted by Crippen LogP contribution is -2.58. The fourth-order valence-corrected chi connectivity index (χ4v) is 4.02. The maximum atomic E-state index is 13.3. The average molecular weight is 550 g/mol. The predicted octanol–water partition coefficient (Wildman–Crippen LogP) is 0.417. The number of aromatic nitrogens is 1. The molecular weight excluding hydrogens is 514 g/mol. The predicted molar refractivity (Wildman–Crippen MR) is 144 cm³/mol. The van der Waals surface area contributed by atoms with E-state index in [1.807, 2.05) is 31.2 Å². The molecule has 13 heteroatoms. The molecule has 0 aliphatic heterocycles. The van der Waals surface area contributed by atoms with Gasteiger partial charge >= 0.3 is 11.9 Å². The maximum absolute atomic E-state index is 13.3. The van der Waals surface area contributed by atoms with E-state index in [9.17, 15) is 29.1 Å². The monoisotopic (exact) mass is 549 g/mol. The van der Waals surface area contributed by atoms with Gasteiger partial charge in [0, 0.05) is 35.7 Å². The van der Waals surface area contributed by atoms with E-state index >= 15 is 0 Å². The number of aliphatic carboxylic acids is 2. The molecule has 0 spiro atoms. The van der Waals surface area contributed by atoms with Crippen LogP contribution in [0.2, 0.25) is 0 Å². The number of benzene rings is 1. The van der Waals surface area contributed by atoms with Crippen LogP contribution in [0.3, 0.4) is 0 Å². The first-order chi connectivity index (χ1) is 18.0. The second-order valence-corrected chi connectivity index (χ2v) is 9.48. The number of H-pyrrole nitrogens is 1. The molecule has 38 heavy (non-hydrogen) atoms. The molecule has 0 fully saturated rings. The van der Waals surface area contributed by atoms with Gasteiger partial charge in [-0.1, -0.05) is 38.5 Å². The minimum atomic E-state index is -1.30. The molecule has 1 aromatic carbocycles. The molecule has 1 aromatic heterocycles. The molecule has 0 aliphatic carbocycles. The number of fused-ring (bicyclic) bond motifs is 1. The molecule has 1 heterocycles. The highest BCUT2D eigenvalue weighted by Crippen LogP contribution is 2.19. The minimum Gasteiger partial charge on any atom is -0.481 e. The van der Waals surface area contributed by atoms with Gasteiger partial charge in [-0.25, -0.2) is 4.79 Å². The van der Waals surface area contributed by atoms with Gasteiger partial charge in [0.05, 0.1) is 6.04 Å². The normalized spacial score (nSPS) is 15.1. The molecule has 3 amide bonds. The fraction of sp³-hybridized carbons (Fsp3) is 0.480. The second kappa shape index (κ2) is 14.4. The largest absolute Gasteiger partial charge is 0.481 e. The van der Waals surface area contributed by atoms with Crippen molar-refractivity contribution in [3.8, 4) is 0 Å². The fourth-order valence-electron chi connectivity index (χ4n) is 3.78. The average Bonchev–Trinajstić information content (AvgIpc) is 3.30. The summed E-state index contributed by atoms with van der Waals surface area (Å²) in [6.45, 7) is 3.63. The molecule has 2 rings (SSSR count). The number of carboxylic acid groups (broad SMARTS) is 2. The Bertz CT molecular complexity index is 1150. The van der Waals surface area contributed by atoms with Crippen molar-refractivity contribution in [2.45, 2.75) is 63.7 Å². The third-order valence-corrected chi connectivity index (χ3v) is 6.73. The number of para-hydroxylation sites is 1. The third kappa shape index (κ3) is 8.48. The molecule has 12 nitrogen and oxygen atoms in total. The zero-order chi connectivity index (χ0) is 28.4. The summed E-state index contributed by atoms with van der Waals surface area (Å²) in [6, 6.07) is 2.57. The molecule has 5 atom stereocenters. The lowest BCUT2D eigenvalue weighted by molar-refractivity contribution is -0.141. The van der Waals surface area contributed by atoms with Gasteiger partial charge < -0.3 is 36.9 Å². The smallest absolute Gasteiger partial charge is 0.327 e. The van der Waals surface area contributed by atoms with Gasteiger partial charge in [-0.3, -0.25) is 19.2 Å². The van der Waals surface area contributed by atoms with Crippen LogP contribution in [-0.2, 0) is 30.4 Å². The Balaban J connectivity index is 2.32. The van der Waals surface area contributed by atoms with Crippen molar-refractivity contribution in [3.63, 3.8) is 0 Å². The lowest BCUT2D eigenvalue weighted by atomic mass is 9.98. The molecular formula is C25H35N5O7S. The number of hydrogen-bond acceptors (Lipinski definition) is 7. The van der Waals surface area contributed by atoms with Crippen LogP contribution in [0.4, 0.5) is 0 Å². The van der Waals surface area contributed by atoms with Crippen molar-refractivity contribution >= 4 is 53.2 Å². The molecule has 0 saturated heterocycles. The van der Waals surface area contributed by atoms with E-state index in [0.717, 1.165) is 10.9 Å². The Hall–Kier alpha value is -3.58. The molecule has 8 N–H and O–H groups in total. The van der Waals surface area contributed by atoms with Crippen LogP contribution < -0.4 is 21.7 Å². The molecule has 208 valence electrons. The number of amides is 3. The summed E-state index contributed by atoms with van der Waals surface area (Å²) >= 11 is 3.96. The van der Waals surface area contributed by atoms with Gasteiger partial charge in [0.15, 0.2) is 0 Å².